The fourth-order valence-corrected chi connectivity index (χ4v) is 1.98. The Hall–Kier alpha value is -1.88. The van der Waals surface area contributed by atoms with Crippen LogP contribution < -0.4 is 10.6 Å². The van der Waals surface area contributed by atoms with Crippen LogP contribution in [-0.4, -0.2) is 17.9 Å². The quantitative estimate of drug-likeness (QED) is 0.863. The Morgan fingerprint density at radius 2 is 2.25 bits per heavy atom. The van der Waals surface area contributed by atoms with Gasteiger partial charge in [-0.2, -0.15) is 0 Å². The van der Waals surface area contributed by atoms with Gasteiger partial charge in [0.2, 0.25) is 0 Å². The minimum atomic E-state index is -0.0402. The molecule has 4 nitrogen and oxygen atoms in total. The van der Waals surface area contributed by atoms with E-state index in [-0.39, 0.29) is 5.91 Å². The van der Waals surface area contributed by atoms with Crippen molar-refractivity contribution < 1.29 is 4.79 Å². The van der Waals surface area contributed by atoms with E-state index in [0.717, 1.165) is 5.69 Å². The highest BCUT2D eigenvalue weighted by Gasteiger charge is 2.14. The van der Waals surface area contributed by atoms with E-state index in [1.807, 2.05) is 11.4 Å². The molecule has 0 bridgehead atoms. The standard InChI is InChI=1S/C11H11N3OS/c1-14(8-4-5-10(12)13-7-8)11(15)9-3-2-6-16-9/h2-7H,1H3,(H2,12,13). The van der Waals surface area contributed by atoms with Crippen molar-refractivity contribution in [1.82, 2.24) is 4.98 Å². The fraction of sp³-hybridized carbons (Fsp3) is 0.0909. The van der Waals surface area contributed by atoms with E-state index in [2.05, 4.69) is 4.98 Å². The molecule has 2 aromatic heterocycles. The number of hydrogen-bond acceptors (Lipinski definition) is 4. The number of thiophene rings is 1. The molecule has 16 heavy (non-hydrogen) atoms. The van der Waals surface area contributed by atoms with Gasteiger partial charge in [-0.1, -0.05) is 6.07 Å². The molecule has 2 aromatic rings. The summed E-state index contributed by atoms with van der Waals surface area (Å²) < 4.78 is 0. The molecule has 0 spiro atoms. The Morgan fingerprint density at radius 1 is 1.44 bits per heavy atom. The van der Waals surface area contributed by atoms with Gasteiger partial charge < -0.3 is 10.6 Å². The van der Waals surface area contributed by atoms with Crippen LogP contribution in [0.1, 0.15) is 9.67 Å². The minimum absolute atomic E-state index is 0.0402. The smallest absolute Gasteiger partial charge is 0.268 e. The number of aromatic nitrogens is 1. The van der Waals surface area contributed by atoms with E-state index in [1.165, 1.54) is 11.3 Å². The highest BCUT2D eigenvalue weighted by Crippen LogP contribution is 2.17. The molecule has 0 atom stereocenters. The Labute approximate surface area is 97.3 Å². The maximum atomic E-state index is 12.0. The number of nitrogens with two attached hydrogens (primary N) is 1. The van der Waals surface area contributed by atoms with Crippen LogP contribution in [0.15, 0.2) is 35.8 Å². The number of nitrogen functional groups attached to an aromatic ring is 1. The molecule has 82 valence electrons. The van der Waals surface area contributed by atoms with E-state index >= 15 is 0 Å². The third-order valence-electron chi connectivity index (χ3n) is 2.19. The SMILES string of the molecule is CN(C(=O)c1cccs1)c1ccc(N)nc1. The van der Waals surface area contributed by atoms with Gasteiger partial charge in [0.1, 0.15) is 5.82 Å². The first-order chi connectivity index (χ1) is 7.68. The first-order valence-corrected chi connectivity index (χ1v) is 5.59. The van der Waals surface area contributed by atoms with Crippen molar-refractivity contribution in [2.75, 3.05) is 17.7 Å². The van der Waals surface area contributed by atoms with E-state index < -0.39 is 0 Å². The van der Waals surface area contributed by atoms with Crippen LogP contribution in [0.2, 0.25) is 0 Å². The first kappa shape index (κ1) is 10.6. The molecule has 2 N–H and O–H groups in total. The monoisotopic (exact) mass is 233 g/mol. The molecule has 0 saturated heterocycles. The second-order valence-electron chi connectivity index (χ2n) is 3.28. The number of anilines is 2. The summed E-state index contributed by atoms with van der Waals surface area (Å²) in [5.41, 5.74) is 6.21. The molecule has 2 rings (SSSR count). The van der Waals surface area contributed by atoms with Gasteiger partial charge in [-0.25, -0.2) is 4.98 Å². The zero-order valence-electron chi connectivity index (χ0n) is 8.75. The van der Waals surface area contributed by atoms with Crippen LogP contribution in [0.5, 0.6) is 0 Å². The summed E-state index contributed by atoms with van der Waals surface area (Å²) in [4.78, 5) is 18.2. The van der Waals surface area contributed by atoms with Crippen molar-refractivity contribution in [3.05, 3.63) is 40.7 Å². The highest BCUT2D eigenvalue weighted by molar-refractivity contribution is 7.12. The molecule has 0 fully saturated rings. The lowest BCUT2D eigenvalue weighted by molar-refractivity contribution is 0.0997. The maximum Gasteiger partial charge on any atom is 0.268 e. The van der Waals surface area contributed by atoms with E-state index in [9.17, 15) is 4.79 Å². The highest BCUT2D eigenvalue weighted by atomic mass is 32.1. The van der Waals surface area contributed by atoms with E-state index in [4.69, 9.17) is 5.73 Å². The fourth-order valence-electron chi connectivity index (χ4n) is 1.28. The van der Waals surface area contributed by atoms with Crippen molar-refractivity contribution in [3.8, 4) is 0 Å². The number of rotatable bonds is 2. The Kier molecular flexibility index (Phi) is 2.87. The van der Waals surface area contributed by atoms with Crippen molar-refractivity contribution in [1.29, 1.82) is 0 Å². The van der Waals surface area contributed by atoms with Crippen molar-refractivity contribution in [2.24, 2.45) is 0 Å². The van der Waals surface area contributed by atoms with Crippen LogP contribution in [0.25, 0.3) is 0 Å². The molecular weight excluding hydrogens is 222 g/mol. The molecule has 0 saturated carbocycles. The summed E-state index contributed by atoms with van der Waals surface area (Å²) in [6.07, 6.45) is 1.58. The summed E-state index contributed by atoms with van der Waals surface area (Å²) in [7, 11) is 1.72. The molecule has 0 aromatic carbocycles. The lowest BCUT2D eigenvalue weighted by Crippen LogP contribution is -2.25. The van der Waals surface area contributed by atoms with Gasteiger partial charge in [0.15, 0.2) is 0 Å². The first-order valence-electron chi connectivity index (χ1n) is 4.71. The Bertz CT molecular complexity index is 478. The van der Waals surface area contributed by atoms with Crippen LogP contribution >= 0.6 is 11.3 Å². The Balaban J connectivity index is 2.22. The van der Waals surface area contributed by atoms with E-state index in [0.29, 0.717) is 10.7 Å². The number of pyridine rings is 1. The molecular formula is C11H11N3OS. The third kappa shape index (κ3) is 2.04. The second-order valence-corrected chi connectivity index (χ2v) is 4.23. The number of carbonyl (C=O) groups is 1. The Morgan fingerprint density at radius 3 is 2.81 bits per heavy atom. The second kappa shape index (κ2) is 4.32. The topological polar surface area (TPSA) is 59.2 Å². The van der Waals surface area contributed by atoms with Gasteiger partial charge in [0.25, 0.3) is 5.91 Å². The summed E-state index contributed by atoms with van der Waals surface area (Å²) in [5.74, 6) is 0.405. The lowest BCUT2D eigenvalue weighted by atomic mass is 10.3. The molecule has 0 aliphatic carbocycles. The van der Waals surface area contributed by atoms with Gasteiger partial charge in [0, 0.05) is 7.05 Å². The maximum absolute atomic E-state index is 12.0. The van der Waals surface area contributed by atoms with E-state index in [1.54, 1.807) is 36.3 Å². The normalized spacial score (nSPS) is 10.1. The zero-order chi connectivity index (χ0) is 11.5. The van der Waals surface area contributed by atoms with Crippen molar-refractivity contribution in [2.45, 2.75) is 0 Å². The van der Waals surface area contributed by atoms with Gasteiger partial charge in [0.05, 0.1) is 16.8 Å². The number of carbonyl (C=O) groups excluding carboxylic acids is 1. The number of nitrogens with zero attached hydrogens (tertiary/aromatic N) is 2. The molecule has 5 heteroatoms. The molecule has 0 unspecified atom stereocenters. The molecule has 0 radical (unpaired) electrons. The number of amides is 1. The summed E-state index contributed by atoms with van der Waals surface area (Å²) in [6, 6.07) is 7.10. The summed E-state index contributed by atoms with van der Waals surface area (Å²) in [5, 5.41) is 1.88. The largest absolute Gasteiger partial charge is 0.384 e. The van der Waals surface area contributed by atoms with Gasteiger partial charge in [-0.05, 0) is 23.6 Å². The van der Waals surface area contributed by atoms with Crippen LogP contribution in [0.4, 0.5) is 11.5 Å². The van der Waals surface area contributed by atoms with Crippen LogP contribution in [0, 0.1) is 0 Å². The molecule has 0 aliphatic heterocycles. The van der Waals surface area contributed by atoms with Crippen LogP contribution in [0.3, 0.4) is 0 Å². The van der Waals surface area contributed by atoms with Gasteiger partial charge in [-0.15, -0.1) is 11.3 Å². The van der Waals surface area contributed by atoms with Gasteiger partial charge in [-0.3, -0.25) is 4.79 Å². The third-order valence-corrected chi connectivity index (χ3v) is 3.05. The number of hydrogen-bond donors (Lipinski definition) is 1. The predicted octanol–water partition coefficient (Wildman–Crippen LogP) is 2.00. The average Bonchev–Trinajstić information content (AvgIpc) is 2.81. The lowest BCUT2D eigenvalue weighted by Gasteiger charge is -2.15. The molecule has 1 amide bonds. The molecule has 2 heterocycles. The van der Waals surface area contributed by atoms with Crippen molar-refractivity contribution in [3.63, 3.8) is 0 Å². The summed E-state index contributed by atoms with van der Waals surface area (Å²) >= 11 is 1.42. The summed E-state index contributed by atoms with van der Waals surface area (Å²) in [6.45, 7) is 0. The zero-order valence-corrected chi connectivity index (χ0v) is 9.57. The predicted molar refractivity (Wildman–Crippen MR) is 65.7 cm³/mol. The van der Waals surface area contributed by atoms with Gasteiger partial charge >= 0.3 is 0 Å². The average molecular weight is 233 g/mol. The minimum Gasteiger partial charge on any atom is -0.384 e. The van der Waals surface area contributed by atoms with Crippen molar-refractivity contribution >= 4 is 28.7 Å². The molecule has 0 aliphatic rings. The van der Waals surface area contributed by atoms with Crippen LogP contribution in [-0.2, 0) is 0 Å².